The second-order valence-corrected chi connectivity index (χ2v) is 5.24. The van der Waals surface area contributed by atoms with Crippen LogP contribution in [0.5, 0.6) is 11.5 Å². The lowest BCUT2D eigenvalue weighted by atomic mass is 10.2. The average Bonchev–Trinajstić information content (AvgIpc) is 3.05. The summed E-state index contributed by atoms with van der Waals surface area (Å²) >= 11 is 0. The van der Waals surface area contributed by atoms with Gasteiger partial charge >= 0.3 is 0 Å². The lowest BCUT2D eigenvalue weighted by Crippen LogP contribution is -2.23. The molecule has 1 unspecified atom stereocenters. The smallest absolute Gasteiger partial charge is 0.231 e. The molecular weight excluding hydrogens is 286 g/mol. The molecule has 0 saturated carbocycles. The molecule has 22 heavy (non-hydrogen) atoms. The van der Waals surface area contributed by atoms with E-state index in [1.165, 1.54) is 0 Å². The maximum atomic E-state index is 10.0. The Morgan fingerprint density at radius 2 is 2.14 bits per heavy atom. The predicted octanol–water partition coefficient (Wildman–Crippen LogP) is 1.20. The van der Waals surface area contributed by atoms with Crippen LogP contribution >= 0.6 is 0 Å². The first-order valence-electron chi connectivity index (χ1n) is 7.14. The van der Waals surface area contributed by atoms with Crippen LogP contribution in [0.25, 0.3) is 0 Å². The maximum Gasteiger partial charge on any atom is 0.231 e. The largest absolute Gasteiger partial charge is 0.454 e. The lowest BCUT2D eigenvalue weighted by molar-refractivity contribution is 0.0183. The van der Waals surface area contributed by atoms with Gasteiger partial charge in [0.1, 0.15) is 11.6 Å². The van der Waals surface area contributed by atoms with Gasteiger partial charge in [0.15, 0.2) is 11.5 Å². The summed E-state index contributed by atoms with van der Waals surface area (Å²) in [5.41, 5.74) is 0.976. The van der Waals surface area contributed by atoms with Gasteiger partial charge in [-0.1, -0.05) is 6.07 Å². The van der Waals surface area contributed by atoms with Crippen LogP contribution in [0, 0.1) is 13.8 Å². The van der Waals surface area contributed by atoms with Crippen molar-refractivity contribution in [3.05, 3.63) is 35.4 Å². The molecule has 1 N–H and O–H groups in total. The van der Waals surface area contributed by atoms with Gasteiger partial charge in [-0.15, -0.1) is 0 Å². The summed E-state index contributed by atoms with van der Waals surface area (Å²) in [5.74, 6) is 2.97. The summed E-state index contributed by atoms with van der Waals surface area (Å²) in [6.07, 6.45) is -0.631. The molecule has 0 saturated heterocycles. The van der Waals surface area contributed by atoms with Gasteiger partial charge in [-0.2, -0.15) is 5.10 Å². The molecule has 1 atom stereocenters. The Morgan fingerprint density at radius 1 is 1.32 bits per heavy atom. The van der Waals surface area contributed by atoms with Crippen LogP contribution in [0.4, 0.5) is 0 Å². The quantitative estimate of drug-likeness (QED) is 0.864. The van der Waals surface area contributed by atoms with Crippen LogP contribution in [0.1, 0.15) is 17.2 Å². The van der Waals surface area contributed by atoms with Gasteiger partial charge < -0.3 is 19.3 Å². The minimum atomic E-state index is -0.631. The number of aromatic nitrogens is 3. The minimum absolute atomic E-state index is 0.229. The second-order valence-electron chi connectivity index (χ2n) is 5.24. The van der Waals surface area contributed by atoms with E-state index in [1.807, 2.05) is 32.0 Å². The van der Waals surface area contributed by atoms with Crippen molar-refractivity contribution < 1.29 is 19.3 Å². The summed E-state index contributed by atoms with van der Waals surface area (Å²) < 4.78 is 17.8. The van der Waals surface area contributed by atoms with Crippen LogP contribution in [0.3, 0.4) is 0 Å². The van der Waals surface area contributed by atoms with Crippen molar-refractivity contribution in [3.63, 3.8) is 0 Å². The van der Waals surface area contributed by atoms with Gasteiger partial charge in [0.05, 0.1) is 25.9 Å². The molecule has 0 radical (unpaired) electrons. The highest BCUT2D eigenvalue weighted by molar-refractivity contribution is 5.44. The predicted molar refractivity (Wildman–Crippen MR) is 77.7 cm³/mol. The molecule has 7 heteroatoms. The lowest BCUT2D eigenvalue weighted by Gasteiger charge is -2.12. The van der Waals surface area contributed by atoms with Crippen LogP contribution in [-0.4, -0.2) is 39.4 Å². The van der Waals surface area contributed by atoms with Crippen molar-refractivity contribution in [2.75, 3.05) is 13.4 Å². The zero-order chi connectivity index (χ0) is 15.5. The Labute approximate surface area is 128 Å². The highest BCUT2D eigenvalue weighted by Gasteiger charge is 2.14. The van der Waals surface area contributed by atoms with E-state index in [-0.39, 0.29) is 13.4 Å². The molecule has 2 heterocycles. The highest BCUT2D eigenvalue weighted by atomic mass is 16.7. The van der Waals surface area contributed by atoms with E-state index >= 15 is 0 Å². The molecule has 7 nitrogen and oxygen atoms in total. The van der Waals surface area contributed by atoms with Crippen molar-refractivity contribution >= 4 is 0 Å². The number of rotatable bonds is 6. The van der Waals surface area contributed by atoms with Crippen LogP contribution < -0.4 is 9.47 Å². The fourth-order valence-corrected chi connectivity index (χ4v) is 2.33. The number of hydrogen-bond acceptors (Lipinski definition) is 6. The van der Waals surface area contributed by atoms with E-state index in [0.29, 0.717) is 19.0 Å². The molecule has 3 rings (SSSR count). The number of hydrogen-bond donors (Lipinski definition) is 1. The highest BCUT2D eigenvalue weighted by Crippen LogP contribution is 2.32. The third-order valence-electron chi connectivity index (χ3n) is 3.36. The van der Waals surface area contributed by atoms with Crippen LogP contribution in [0.2, 0.25) is 0 Å². The summed E-state index contributed by atoms with van der Waals surface area (Å²) in [5, 5.41) is 14.2. The number of aliphatic hydroxyl groups is 1. The molecule has 0 bridgehead atoms. The first kappa shape index (κ1) is 14.8. The molecule has 0 amide bonds. The number of aliphatic hydroxyl groups excluding tert-OH is 1. The fraction of sp³-hybridized carbons (Fsp3) is 0.467. The van der Waals surface area contributed by atoms with E-state index in [1.54, 1.807) is 4.68 Å². The number of aryl methyl sites for hydroxylation is 2. The molecule has 1 aromatic carbocycles. The molecular formula is C15H19N3O4. The van der Waals surface area contributed by atoms with E-state index in [9.17, 15) is 5.11 Å². The Balaban J connectivity index is 1.47. The van der Waals surface area contributed by atoms with Crippen molar-refractivity contribution in [1.82, 2.24) is 14.8 Å². The molecule has 1 aromatic heterocycles. The third kappa shape index (κ3) is 3.37. The van der Waals surface area contributed by atoms with Crippen molar-refractivity contribution in [2.24, 2.45) is 0 Å². The Hall–Kier alpha value is -2.12. The van der Waals surface area contributed by atoms with Gasteiger partial charge in [0, 0.05) is 0 Å². The molecule has 0 spiro atoms. The van der Waals surface area contributed by atoms with Crippen molar-refractivity contribution in [3.8, 4) is 11.5 Å². The monoisotopic (exact) mass is 305 g/mol. The number of nitrogens with zero attached hydrogens (tertiary/aromatic N) is 3. The number of fused-ring (bicyclic) bond motifs is 1. The van der Waals surface area contributed by atoms with Crippen LogP contribution in [0.15, 0.2) is 18.2 Å². The Bertz CT molecular complexity index is 656. The van der Waals surface area contributed by atoms with E-state index in [4.69, 9.17) is 14.2 Å². The Morgan fingerprint density at radius 3 is 2.91 bits per heavy atom. The zero-order valence-corrected chi connectivity index (χ0v) is 12.7. The first-order valence-corrected chi connectivity index (χ1v) is 7.14. The second kappa shape index (κ2) is 6.33. The summed E-state index contributed by atoms with van der Waals surface area (Å²) in [7, 11) is 0. The van der Waals surface area contributed by atoms with Gasteiger partial charge in [0.25, 0.3) is 0 Å². The molecule has 1 aliphatic rings. The summed E-state index contributed by atoms with van der Waals surface area (Å²) in [6, 6.07) is 5.67. The minimum Gasteiger partial charge on any atom is -0.454 e. The maximum absolute atomic E-state index is 10.0. The van der Waals surface area contributed by atoms with E-state index in [0.717, 1.165) is 22.9 Å². The topological polar surface area (TPSA) is 78.6 Å². The van der Waals surface area contributed by atoms with Crippen molar-refractivity contribution in [1.29, 1.82) is 0 Å². The van der Waals surface area contributed by atoms with Gasteiger partial charge in [-0.25, -0.2) is 9.67 Å². The summed E-state index contributed by atoms with van der Waals surface area (Å²) in [6.45, 7) is 4.95. The molecule has 0 fully saturated rings. The SMILES string of the molecule is Cc1nc(C)n(CC(O)COCc2ccc3c(c2)OCO3)n1. The standard InChI is InChI=1S/C15H19N3O4/c1-10-16-11(2)18(17-10)6-13(19)8-20-7-12-3-4-14-15(5-12)22-9-21-14/h3-5,13,19H,6-9H2,1-2H3. The summed E-state index contributed by atoms with van der Waals surface area (Å²) in [4.78, 5) is 4.20. The fourth-order valence-electron chi connectivity index (χ4n) is 2.33. The van der Waals surface area contributed by atoms with E-state index in [2.05, 4.69) is 10.1 Å². The molecule has 0 aliphatic carbocycles. The van der Waals surface area contributed by atoms with Gasteiger partial charge in [-0.05, 0) is 31.5 Å². The number of benzene rings is 1. The zero-order valence-electron chi connectivity index (χ0n) is 12.7. The van der Waals surface area contributed by atoms with E-state index < -0.39 is 6.10 Å². The first-order chi connectivity index (χ1) is 10.6. The normalized spacial score (nSPS) is 14.3. The number of ether oxygens (including phenoxy) is 3. The molecule has 118 valence electrons. The Kier molecular flexibility index (Phi) is 4.26. The molecule has 2 aromatic rings. The van der Waals surface area contributed by atoms with Gasteiger partial charge in [0.2, 0.25) is 6.79 Å². The third-order valence-corrected chi connectivity index (χ3v) is 3.36. The van der Waals surface area contributed by atoms with Crippen LogP contribution in [-0.2, 0) is 17.9 Å². The van der Waals surface area contributed by atoms with Gasteiger partial charge in [-0.3, -0.25) is 0 Å². The van der Waals surface area contributed by atoms with Crippen molar-refractivity contribution in [2.45, 2.75) is 33.1 Å². The molecule has 1 aliphatic heterocycles. The average molecular weight is 305 g/mol.